The van der Waals surface area contributed by atoms with Crippen molar-refractivity contribution in [3.05, 3.63) is 27.7 Å². The van der Waals surface area contributed by atoms with Gasteiger partial charge in [-0.2, -0.15) is 0 Å². The summed E-state index contributed by atoms with van der Waals surface area (Å²) in [6, 6.07) is 3.01. The van der Waals surface area contributed by atoms with Gasteiger partial charge in [-0.3, -0.25) is 0 Å². The van der Waals surface area contributed by atoms with Crippen molar-refractivity contribution in [3.8, 4) is 0 Å². The Morgan fingerprint density at radius 2 is 2.00 bits per heavy atom. The van der Waals surface area contributed by atoms with E-state index >= 15 is 0 Å². The summed E-state index contributed by atoms with van der Waals surface area (Å²) in [5.41, 5.74) is 0.598. The van der Waals surface area contributed by atoms with E-state index in [-0.39, 0.29) is 9.92 Å². The van der Waals surface area contributed by atoms with Gasteiger partial charge in [-0.1, -0.05) is 36.0 Å². The number of benzene rings is 1. The third kappa shape index (κ3) is 3.86. The smallest absolute Gasteiger partial charge is 0.242 e. The van der Waals surface area contributed by atoms with E-state index in [1.807, 2.05) is 0 Å². The zero-order chi connectivity index (χ0) is 14.8. The Morgan fingerprint density at radius 1 is 1.30 bits per heavy atom. The summed E-state index contributed by atoms with van der Waals surface area (Å²) in [6.07, 6.45) is 3.29. The lowest BCUT2D eigenvalue weighted by molar-refractivity contribution is 0.575. The summed E-state index contributed by atoms with van der Waals surface area (Å²) in [5, 5.41) is 3.57. The minimum Gasteiger partial charge on any atom is -0.316 e. The van der Waals surface area contributed by atoms with E-state index in [4.69, 9.17) is 23.2 Å². The van der Waals surface area contributed by atoms with Crippen LogP contribution in [0.5, 0.6) is 0 Å². The summed E-state index contributed by atoms with van der Waals surface area (Å²) >= 11 is 12.2. The van der Waals surface area contributed by atoms with Crippen molar-refractivity contribution in [1.29, 1.82) is 0 Å². The van der Waals surface area contributed by atoms with E-state index in [1.54, 1.807) is 13.1 Å². The second-order valence-corrected chi connectivity index (χ2v) is 7.52. The molecule has 1 aliphatic carbocycles. The molecule has 20 heavy (non-hydrogen) atoms. The van der Waals surface area contributed by atoms with Crippen LogP contribution < -0.4 is 10.0 Å². The van der Waals surface area contributed by atoms with E-state index < -0.39 is 10.0 Å². The van der Waals surface area contributed by atoms with Crippen molar-refractivity contribution in [2.75, 3.05) is 13.6 Å². The van der Waals surface area contributed by atoms with Crippen LogP contribution in [-0.4, -0.2) is 22.0 Å². The molecule has 1 aromatic rings. The third-order valence-electron chi connectivity index (χ3n) is 3.34. The number of hydrogen-bond donors (Lipinski definition) is 2. The molecule has 1 fully saturated rings. The van der Waals surface area contributed by atoms with Crippen LogP contribution in [0.25, 0.3) is 0 Å². The van der Waals surface area contributed by atoms with Gasteiger partial charge < -0.3 is 5.32 Å². The fourth-order valence-electron chi connectivity index (χ4n) is 2.00. The molecule has 0 atom stereocenters. The molecule has 0 aromatic heterocycles. The average Bonchev–Trinajstić information content (AvgIpc) is 3.18. The van der Waals surface area contributed by atoms with Crippen molar-refractivity contribution in [3.63, 3.8) is 0 Å². The minimum absolute atomic E-state index is 0.0876. The quantitative estimate of drug-likeness (QED) is 0.804. The van der Waals surface area contributed by atoms with Crippen molar-refractivity contribution in [2.45, 2.75) is 30.7 Å². The number of hydrogen-bond acceptors (Lipinski definition) is 3. The molecule has 0 spiro atoms. The van der Waals surface area contributed by atoms with Gasteiger partial charge in [-0.05, 0) is 31.5 Å². The number of sulfonamides is 1. The highest BCUT2D eigenvalue weighted by atomic mass is 35.5. The maximum Gasteiger partial charge on any atom is 0.242 e. The van der Waals surface area contributed by atoms with Crippen LogP contribution in [0.2, 0.25) is 10.0 Å². The fourth-order valence-corrected chi connectivity index (χ4v) is 3.96. The SMILES string of the molecule is CNCc1c(Cl)ccc(S(=O)(=O)NCCC2CC2)c1Cl. The van der Waals surface area contributed by atoms with E-state index in [9.17, 15) is 8.42 Å². The standard InChI is InChI=1S/C13H18Cl2N2O2S/c1-16-8-10-11(14)4-5-12(13(10)15)20(18,19)17-7-6-9-2-3-9/h4-5,9,16-17H,2-3,6-8H2,1H3. The first-order chi connectivity index (χ1) is 9.45. The van der Waals surface area contributed by atoms with Crippen molar-refractivity contribution in [1.82, 2.24) is 10.0 Å². The van der Waals surface area contributed by atoms with Crippen LogP contribution in [0.3, 0.4) is 0 Å². The van der Waals surface area contributed by atoms with E-state index in [0.29, 0.717) is 29.6 Å². The van der Waals surface area contributed by atoms with E-state index in [1.165, 1.54) is 18.9 Å². The predicted octanol–water partition coefficient (Wildman–Crippen LogP) is 2.79. The normalized spacial score (nSPS) is 15.6. The van der Waals surface area contributed by atoms with Crippen LogP contribution in [0.15, 0.2) is 17.0 Å². The maximum atomic E-state index is 12.3. The molecule has 1 aromatic carbocycles. The highest BCUT2D eigenvalue weighted by Crippen LogP contribution is 2.33. The van der Waals surface area contributed by atoms with E-state index in [0.717, 1.165) is 6.42 Å². The predicted molar refractivity (Wildman–Crippen MR) is 81.8 cm³/mol. The van der Waals surface area contributed by atoms with Crippen molar-refractivity contribution < 1.29 is 8.42 Å². The number of halogens is 2. The van der Waals surface area contributed by atoms with Crippen LogP contribution in [0.1, 0.15) is 24.8 Å². The molecule has 1 aliphatic rings. The van der Waals surface area contributed by atoms with Gasteiger partial charge >= 0.3 is 0 Å². The first-order valence-corrected chi connectivity index (χ1v) is 8.80. The number of nitrogens with one attached hydrogen (secondary N) is 2. The van der Waals surface area contributed by atoms with Gasteiger partial charge in [0.05, 0.1) is 5.02 Å². The Bertz CT molecular complexity index is 586. The molecule has 2 rings (SSSR count). The van der Waals surface area contributed by atoms with Crippen LogP contribution >= 0.6 is 23.2 Å². The third-order valence-corrected chi connectivity index (χ3v) is 5.74. The van der Waals surface area contributed by atoms with E-state index in [2.05, 4.69) is 10.0 Å². The molecule has 0 heterocycles. The summed E-state index contributed by atoms with van der Waals surface area (Å²) in [7, 11) is -1.83. The monoisotopic (exact) mass is 336 g/mol. The molecule has 0 unspecified atom stereocenters. The molecule has 0 aliphatic heterocycles. The number of rotatable bonds is 7. The lowest BCUT2D eigenvalue weighted by atomic mass is 10.2. The molecule has 0 amide bonds. The molecular weight excluding hydrogens is 319 g/mol. The Kier molecular flexibility index (Phi) is 5.31. The molecular formula is C13H18Cl2N2O2S. The molecule has 0 saturated heterocycles. The van der Waals surface area contributed by atoms with Gasteiger partial charge in [0.2, 0.25) is 10.0 Å². The van der Waals surface area contributed by atoms with Crippen molar-refractivity contribution >= 4 is 33.2 Å². The lowest BCUT2D eigenvalue weighted by Crippen LogP contribution is -2.25. The second-order valence-electron chi connectivity index (χ2n) is 5.00. The molecule has 4 nitrogen and oxygen atoms in total. The van der Waals surface area contributed by atoms with Gasteiger partial charge in [0.1, 0.15) is 4.90 Å². The maximum absolute atomic E-state index is 12.3. The van der Waals surface area contributed by atoms with Gasteiger partial charge in [-0.15, -0.1) is 0 Å². The highest BCUT2D eigenvalue weighted by Gasteiger charge is 2.24. The van der Waals surface area contributed by atoms with Gasteiger partial charge in [0, 0.05) is 23.7 Å². The molecule has 2 N–H and O–H groups in total. The zero-order valence-corrected chi connectivity index (χ0v) is 13.6. The van der Waals surface area contributed by atoms with Gasteiger partial charge in [0.15, 0.2) is 0 Å². The lowest BCUT2D eigenvalue weighted by Gasteiger charge is -2.12. The van der Waals surface area contributed by atoms with Gasteiger partial charge in [0.25, 0.3) is 0 Å². The average molecular weight is 337 g/mol. The topological polar surface area (TPSA) is 58.2 Å². The largest absolute Gasteiger partial charge is 0.316 e. The zero-order valence-electron chi connectivity index (χ0n) is 11.2. The first kappa shape index (κ1) is 16.0. The summed E-state index contributed by atoms with van der Waals surface area (Å²) in [4.78, 5) is 0.0876. The summed E-state index contributed by atoms with van der Waals surface area (Å²) in [5.74, 6) is 0.679. The highest BCUT2D eigenvalue weighted by molar-refractivity contribution is 7.89. The van der Waals surface area contributed by atoms with Crippen LogP contribution in [0, 0.1) is 5.92 Å². The first-order valence-electron chi connectivity index (χ1n) is 6.57. The Balaban J connectivity index is 2.19. The Morgan fingerprint density at radius 3 is 2.60 bits per heavy atom. The summed E-state index contributed by atoms with van der Waals surface area (Å²) < 4.78 is 27.1. The Labute approximate surface area is 129 Å². The molecule has 1 saturated carbocycles. The van der Waals surface area contributed by atoms with Crippen LogP contribution in [0.4, 0.5) is 0 Å². The summed E-state index contributed by atoms with van der Waals surface area (Å²) in [6.45, 7) is 0.871. The van der Waals surface area contributed by atoms with Crippen molar-refractivity contribution in [2.24, 2.45) is 5.92 Å². The molecule has 0 radical (unpaired) electrons. The Hall–Kier alpha value is -0.330. The van der Waals surface area contributed by atoms with Gasteiger partial charge in [-0.25, -0.2) is 13.1 Å². The minimum atomic E-state index is -3.58. The molecule has 7 heteroatoms. The fraction of sp³-hybridized carbons (Fsp3) is 0.538. The molecule has 0 bridgehead atoms. The second kappa shape index (κ2) is 6.62. The molecule has 112 valence electrons. The van der Waals surface area contributed by atoms with Crippen LogP contribution in [-0.2, 0) is 16.6 Å².